The van der Waals surface area contributed by atoms with Crippen LogP contribution in [0.4, 0.5) is 10.3 Å². The van der Waals surface area contributed by atoms with Gasteiger partial charge in [0, 0.05) is 42.9 Å². The number of nitrogens with one attached hydrogen (secondary N) is 1. The van der Waals surface area contributed by atoms with Gasteiger partial charge in [0.25, 0.3) is 0 Å². The Hall–Kier alpha value is -3.16. The molecule has 1 aliphatic rings. The van der Waals surface area contributed by atoms with Gasteiger partial charge in [0.05, 0.1) is 11.4 Å². The number of H-pyrrole nitrogens is 1. The van der Waals surface area contributed by atoms with Crippen LogP contribution in [0.2, 0.25) is 0 Å². The van der Waals surface area contributed by atoms with Crippen molar-refractivity contribution in [2.24, 2.45) is 0 Å². The lowest BCUT2D eigenvalue weighted by Crippen LogP contribution is -2.36. The van der Waals surface area contributed by atoms with Gasteiger partial charge in [-0.25, -0.2) is 9.37 Å². The number of fused-ring (bicyclic) bond motifs is 1. The van der Waals surface area contributed by atoms with Crippen LogP contribution < -0.4 is 5.73 Å². The Kier molecular flexibility index (Phi) is 5.08. The highest BCUT2D eigenvalue weighted by atomic mass is 19.1. The molecule has 4 rings (SSSR count). The summed E-state index contributed by atoms with van der Waals surface area (Å²) in [6, 6.07) is 6.93. The lowest BCUT2D eigenvalue weighted by Gasteiger charge is -2.20. The van der Waals surface area contributed by atoms with E-state index in [0.717, 1.165) is 34.8 Å². The summed E-state index contributed by atoms with van der Waals surface area (Å²) in [5.74, 6) is 0.228. The molecule has 0 bridgehead atoms. The van der Waals surface area contributed by atoms with Gasteiger partial charge >= 0.3 is 0 Å². The minimum atomic E-state index is -0.235. The van der Waals surface area contributed by atoms with Crippen LogP contribution in [0.3, 0.4) is 0 Å². The highest BCUT2D eigenvalue weighted by molar-refractivity contribution is 5.76. The quantitative estimate of drug-likeness (QED) is 0.709. The van der Waals surface area contributed by atoms with Crippen molar-refractivity contribution in [3.05, 3.63) is 52.7 Å². The van der Waals surface area contributed by atoms with Gasteiger partial charge in [-0.2, -0.15) is 5.10 Å². The van der Waals surface area contributed by atoms with E-state index in [1.165, 1.54) is 6.07 Å². The number of aromatic amines is 1. The Bertz CT molecular complexity index is 1030. The van der Waals surface area contributed by atoms with Crippen molar-refractivity contribution in [2.45, 2.75) is 39.7 Å². The molecule has 0 aliphatic carbocycles. The van der Waals surface area contributed by atoms with E-state index in [4.69, 9.17) is 5.73 Å². The summed E-state index contributed by atoms with van der Waals surface area (Å²) in [7, 11) is 0. The van der Waals surface area contributed by atoms with E-state index in [0.29, 0.717) is 37.4 Å². The van der Waals surface area contributed by atoms with Crippen molar-refractivity contribution in [2.75, 3.05) is 18.8 Å². The number of nitrogens with two attached hydrogens (primary N) is 1. The molecule has 1 aromatic carbocycles. The van der Waals surface area contributed by atoms with Crippen molar-refractivity contribution in [3.8, 4) is 11.3 Å². The van der Waals surface area contributed by atoms with Crippen molar-refractivity contribution >= 4 is 11.9 Å². The number of carbonyl (C=O) groups is 1. The minimum absolute atomic E-state index is 0.0303. The van der Waals surface area contributed by atoms with Gasteiger partial charge in [-0.3, -0.25) is 9.48 Å². The first-order valence-electron chi connectivity index (χ1n) is 9.89. The number of amides is 1. The second-order valence-corrected chi connectivity index (χ2v) is 7.42. The molecule has 2 aromatic heterocycles. The zero-order valence-electron chi connectivity index (χ0n) is 16.7. The molecule has 3 heterocycles. The number of benzene rings is 1. The van der Waals surface area contributed by atoms with Gasteiger partial charge in [-0.1, -0.05) is 6.92 Å². The number of hydrogen-bond acceptors (Lipinski definition) is 4. The van der Waals surface area contributed by atoms with Crippen LogP contribution in [-0.4, -0.2) is 43.6 Å². The number of nitrogens with zero attached hydrogens (tertiary/aromatic N) is 4. The van der Waals surface area contributed by atoms with Crippen LogP contribution in [0.25, 0.3) is 11.3 Å². The highest BCUT2D eigenvalue weighted by Crippen LogP contribution is 2.22. The first kappa shape index (κ1) is 19.2. The molecule has 0 fully saturated rings. The molecule has 152 valence electrons. The van der Waals surface area contributed by atoms with Crippen molar-refractivity contribution < 1.29 is 9.18 Å². The van der Waals surface area contributed by atoms with E-state index in [-0.39, 0.29) is 18.3 Å². The second-order valence-electron chi connectivity index (χ2n) is 7.42. The van der Waals surface area contributed by atoms with Gasteiger partial charge in [0.15, 0.2) is 5.95 Å². The summed E-state index contributed by atoms with van der Waals surface area (Å²) in [6.45, 7) is 5.19. The molecule has 0 unspecified atom stereocenters. The van der Waals surface area contributed by atoms with E-state index in [9.17, 15) is 9.18 Å². The van der Waals surface area contributed by atoms with E-state index in [1.54, 1.807) is 23.7 Å². The van der Waals surface area contributed by atoms with Gasteiger partial charge in [-0.15, -0.1) is 0 Å². The van der Waals surface area contributed by atoms with Crippen molar-refractivity contribution in [3.63, 3.8) is 0 Å². The number of halogens is 1. The summed E-state index contributed by atoms with van der Waals surface area (Å²) in [5, 5.41) is 4.63. The summed E-state index contributed by atoms with van der Waals surface area (Å²) in [5.41, 5.74) is 10.8. The third kappa shape index (κ3) is 3.87. The molecule has 0 radical (unpaired) electrons. The molecule has 1 amide bonds. The lowest BCUT2D eigenvalue weighted by molar-refractivity contribution is -0.132. The Morgan fingerprint density at radius 2 is 2.07 bits per heavy atom. The van der Waals surface area contributed by atoms with Gasteiger partial charge in [0.2, 0.25) is 5.91 Å². The van der Waals surface area contributed by atoms with Crippen LogP contribution in [0, 0.1) is 12.7 Å². The molecule has 0 spiro atoms. The zero-order valence-corrected chi connectivity index (χ0v) is 16.7. The third-order valence-corrected chi connectivity index (χ3v) is 5.45. The van der Waals surface area contributed by atoms with Crippen LogP contribution in [0.1, 0.15) is 29.6 Å². The topological polar surface area (TPSA) is 92.8 Å². The SMILES string of the molecule is CCc1cc(-c2ccc(F)c(C)c2)nn1CC(=O)N1CCc2nc(N)[nH]c2CC1. The van der Waals surface area contributed by atoms with Crippen LogP contribution in [0.15, 0.2) is 24.3 Å². The first-order valence-corrected chi connectivity index (χ1v) is 9.89. The number of rotatable bonds is 4. The number of anilines is 1. The lowest BCUT2D eigenvalue weighted by atomic mass is 10.1. The molecule has 8 heteroatoms. The second kappa shape index (κ2) is 7.69. The fourth-order valence-corrected chi connectivity index (χ4v) is 3.78. The van der Waals surface area contributed by atoms with Crippen LogP contribution in [0.5, 0.6) is 0 Å². The van der Waals surface area contributed by atoms with E-state index >= 15 is 0 Å². The van der Waals surface area contributed by atoms with E-state index in [2.05, 4.69) is 15.1 Å². The fourth-order valence-electron chi connectivity index (χ4n) is 3.78. The van der Waals surface area contributed by atoms with Crippen molar-refractivity contribution in [1.82, 2.24) is 24.6 Å². The van der Waals surface area contributed by atoms with Gasteiger partial charge in [0.1, 0.15) is 12.4 Å². The van der Waals surface area contributed by atoms with Crippen LogP contribution >= 0.6 is 0 Å². The van der Waals surface area contributed by atoms with Crippen molar-refractivity contribution in [1.29, 1.82) is 0 Å². The molecule has 3 N–H and O–H groups in total. The van der Waals surface area contributed by atoms with Gasteiger partial charge in [-0.05, 0) is 43.2 Å². The largest absolute Gasteiger partial charge is 0.369 e. The maximum Gasteiger partial charge on any atom is 0.244 e. The fraction of sp³-hybridized carbons (Fsp3) is 0.381. The number of hydrogen-bond donors (Lipinski definition) is 2. The summed E-state index contributed by atoms with van der Waals surface area (Å²) in [6.07, 6.45) is 2.16. The van der Waals surface area contributed by atoms with Crippen LogP contribution in [-0.2, 0) is 30.6 Å². The summed E-state index contributed by atoms with van der Waals surface area (Å²) in [4.78, 5) is 22.2. The maximum absolute atomic E-state index is 13.6. The maximum atomic E-state index is 13.6. The van der Waals surface area contributed by atoms with Gasteiger partial charge < -0.3 is 15.6 Å². The molecule has 1 aliphatic heterocycles. The molecule has 7 nitrogen and oxygen atoms in total. The average Bonchev–Trinajstić information content (AvgIpc) is 3.20. The first-order chi connectivity index (χ1) is 13.9. The number of aromatic nitrogens is 4. The zero-order chi connectivity index (χ0) is 20.5. The monoisotopic (exact) mass is 396 g/mol. The molecular weight excluding hydrogens is 371 g/mol. The number of carbonyl (C=O) groups excluding carboxylic acids is 1. The number of nitrogen functional groups attached to an aromatic ring is 1. The summed E-state index contributed by atoms with van der Waals surface area (Å²) < 4.78 is 15.3. The Balaban J connectivity index is 1.50. The normalized spacial score (nSPS) is 14.0. The summed E-state index contributed by atoms with van der Waals surface area (Å²) >= 11 is 0. The molecule has 0 saturated carbocycles. The van der Waals surface area contributed by atoms with E-state index < -0.39 is 0 Å². The average molecular weight is 396 g/mol. The Morgan fingerprint density at radius 3 is 2.83 bits per heavy atom. The molecule has 0 atom stereocenters. The molecule has 29 heavy (non-hydrogen) atoms. The molecule has 0 saturated heterocycles. The molecule has 3 aromatic rings. The molecular formula is C21H25FN6O. The van der Waals surface area contributed by atoms with E-state index in [1.807, 2.05) is 17.9 Å². The number of aryl methyl sites for hydroxylation is 2. The highest BCUT2D eigenvalue weighted by Gasteiger charge is 2.22. The predicted molar refractivity (Wildman–Crippen MR) is 109 cm³/mol. The smallest absolute Gasteiger partial charge is 0.244 e. The third-order valence-electron chi connectivity index (χ3n) is 5.45. The Morgan fingerprint density at radius 1 is 1.28 bits per heavy atom. The standard InChI is InChI=1S/C21H25FN6O/c1-3-15-11-19(14-4-5-16(22)13(2)10-14)26-28(15)12-20(29)27-8-6-17-18(7-9-27)25-21(23)24-17/h4-5,10-11H,3,6-9,12H2,1-2H3,(H3,23,24,25). The number of imidazole rings is 1. The predicted octanol–water partition coefficient (Wildman–Crippen LogP) is 2.49. The Labute approximate surface area is 168 Å². The minimum Gasteiger partial charge on any atom is -0.369 e.